The van der Waals surface area contributed by atoms with Crippen molar-refractivity contribution in [2.24, 2.45) is 5.92 Å². The lowest BCUT2D eigenvalue weighted by molar-refractivity contribution is -0.149. The fraction of sp³-hybridized carbons (Fsp3) is 0.526. The number of fused-ring (bicyclic) bond motifs is 1. The summed E-state index contributed by atoms with van der Waals surface area (Å²) in [5.74, 6) is 1.37. The highest BCUT2D eigenvalue weighted by Gasteiger charge is 2.35. The van der Waals surface area contributed by atoms with E-state index in [1.807, 2.05) is 26.0 Å². The Morgan fingerprint density at radius 1 is 1.43 bits per heavy atom. The average Bonchev–Trinajstić information content (AvgIpc) is 3.42. The molecule has 0 bridgehead atoms. The zero-order valence-electron chi connectivity index (χ0n) is 16.0. The van der Waals surface area contributed by atoms with Crippen molar-refractivity contribution in [2.75, 3.05) is 19.7 Å². The van der Waals surface area contributed by atoms with Crippen LogP contribution in [0, 0.1) is 5.92 Å². The van der Waals surface area contributed by atoms with Crippen molar-refractivity contribution in [3.8, 4) is 5.88 Å². The van der Waals surface area contributed by atoms with Gasteiger partial charge in [-0.2, -0.15) is 4.52 Å². The number of hydrogen-bond acceptors (Lipinski definition) is 8. The number of nitrogens with zero attached hydrogens (tertiary/aromatic N) is 4. The number of carbonyl (C=O) groups is 1. The third-order valence-electron chi connectivity index (χ3n) is 5.14. The van der Waals surface area contributed by atoms with Gasteiger partial charge >= 0.3 is 5.97 Å². The van der Waals surface area contributed by atoms with Crippen LogP contribution in [-0.2, 0) is 16.0 Å². The average molecular weight is 404 g/mol. The minimum Gasteiger partial charge on any atom is -0.492 e. The fourth-order valence-electron chi connectivity index (χ4n) is 3.69. The SMILES string of the molecule is CCOC(=O)C1CCN(C(c2ccco2)c2sc3nc(CC)nn3c2O)CC1. The van der Waals surface area contributed by atoms with E-state index in [4.69, 9.17) is 9.15 Å². The Balaban J connectivity index is 1.62. The van der Waals surface area contributed by atoms with E-state index >= 15 is 0 Å². The summed E-state index contributed by atoms with van der Waals surface area (Å²) in [6.45, 7) is 5.64. The molecule has 1 aliphatic heterocycles. The van der Waals surface area contributed by atoms with E-state index in [-0.39, 0.29) is 23.8 Å². The second kappa shape index (κ2) is 7.92. The molecule has 0 aromatic carbocycles. The number of ether oxygens (including phenoxy) is 1. The summed E-state index contributed by atoms with van der Waals surface area (Å²) >= 11 is 1.42. The first kappa shape index (κ1) is 18.9. The lowest BCUT2D eigenvalue weighted by atomic mass is 9.95. The summed E-state index contributed by atoms with van der Waals surface area (Å²) in [6, 6.07) is 3.52. The van der Waals surface area contributed by atoms with E-state index in [9.17, 15) is 9.90 Å². The van der Waals surface area contributed by atoms with Crippen LogP contribution >= 0.6 is 11.3 Å². The zero-order chi connectivity index (χ0) is 19.7. The first-order valence-electron chi connectivity index (χ1n) is 9.63. The minimum atomic E-state index is -0.239. The first-order valence-corrected chi connectivity index (χ1v) is 10.4. The molecular formula is C19H24N4O4S. The molecular weight excluding hydrogens is 380 g/mol. The number of aryl methyl sites for hydroxylation is 1. The zero-order valence-corrected chi connectivity index (χ0v) is 16.8. The Labute approximate surface area is 166 Å². The van der Waals surface area contributed by atoms with Crippen LogP contribution in [-0.4, -0.2) is 50.3 Å². The third kappa shape index (κ3) is 3.40. The van der Waals surface area contributed by atoms with Crippen LogP contribution in [0.1, 0.15) is 49.2 Å². The van der Waals surface area contributed by atoms with Gasteiger partial charge in [-0.3, -0.25) is 9.69 Å². The van der Waals surface area contributed by atoms with Crippen molar-refractivity contribution in [1.82, 2.24) is 19.5 Å². The Kier molecular flexibility index (Phi) is 5.36. The fourth-order valence-corrected chi connectivity index (χ4v) is 4.81. The van der Waals surface area contributed by atoms with E-state index in [1.54, 1.807) is 6.26 Å². The van der Waals surface area contributed by atoms with Crippen molar-refractivity contribution < 1.29 is 19.1 Å². The topological polar surface area (TPSA) is 93.1 Å². The molecule has 1 unspecified atom stereocenters. The molecule has 0 amide bonds. The van der Waals surface area contributed by atoms with Gasteiger partial charge in [0, 0.05) is 19.5 Å². The van der Waals surface area contributed by atoms with Crippen molar-refractivity contribution in [1.29, 1.82) is 0 Å². The molecule has 150 valence electrons. The van der Waals surface area contributed by atoms with E-state index < -0.39 is 0 Å². The molecule has 1 N–H and O–H groups in total. The van der Waals surface area contributed by atoms with Gasteiger partial charge in [-0.05, 0) is 31.9 Å². The van der Waals surface area contributed by atoms with Crippen molar-refractivity contribution in [2.45, 2.75) is 39.2 Å². The van der Waals surface area contributed by atoms with E-state index in [0.717, 1.165) is 23.5 Å². The van der Waals surface area contributed by atoms with Crippen molar-refractivity contribution in [3.63, 3.8) is 0 Å². The van der Waals surface area contributed by atoms with E-state index in [0.29, 0.717) is 36.9 Å². The van der Waals surface area contributed by atoms with Crippen LogP contribution in [0.2, 0.25) is 0 Å². The molecule has 1 atom stereocenters. The number of piperidine rings is 1. The Morgan fingerprint density at radius 2 is 2.21 bits per heavy atom. The normalized spacial score (nSPS) is 17.2. The van der Waals surface area contributed by atoms with Crippen molar-refractivity contribution in [3.05, 3.63) is 34.9 Å². The smallest absolute Gasteiger partial charge is 0.309 e. The monoisotopic (exact) mass is 404 g/mol. The molecule has 28 heavy (non-hydrogen) atoms. The lowest BCUT2D eigenvalue weighted by Gasteiger charge is -2.35. The summed E-state index contributed by atoms with van der Waals surface area (Å²) in [5.41, 5.74) is 0. The van der Waals surface area contributed by atoms with Crippen LogP contribution in [0.3, 0.4) is 0 Å². The standard InChI is InChI=1S/C19H24N4O4S/c1-3-14-20-19-23(21-14)17(24)16(28-19)15(13-6-5-11-27-13)22-9-7-12(8-10-22)18(25)26-4-2/h5-6,11-12,15,24H,3-4,7-10H2,1-2H3. The second-order valence-corrected chi connectivity index (χ2v) is 7.86. The largest absolute Gasteiger partial charge is 0.492 e. The number of aromatic nitrogens is 3. The Hall–Kier alpha value is -2.39. The number of esters is 1. The van der Waals surface area contributed by atoms with Gasteiger partial charge in [0.25, 0.3) is 0 Å². The number of hydrogen-bond donors (Lipinski definition) is 1. The Morgan fingerprint density at radius 3 is 2.82 bits per heavy atom. The van der Waals surface area contributed by atoms with Crippen LogP contribution in [0.25, 0.3) is 4.96 Å². The molecule has 1 fully saturated rings. The highest BCUT2D eigenvalue weighted by atomic mass is 32.1. The summed E-state index contributed by atoms with van der Waals surface area (Å²) in [6.07, 6.45) is 3.79. The molecule has 0 spiro atoms. The maximum Gasteiger partial charge on any atom is 0.309 e. The number of thiazole rings is 1. The molecule has 4 heterocycles. The second-order valence-electron chi connectivity index (χ2n) is 6.85. The molecule has 9 heteroatoms. The molecule has 3 aromatic rings. The number of aromatic hydroxyl groups is 1. The number of rotatable bonds is 6. The summed E-state index contributed by atoms with van der Waals surface area (Å²) < 4.78 is 12.4. The molecule has 3 aromatic heterocycles. The predicted molar refractivity (Wildman–Crippen MR) is 103 cm³/mol. The molecule has 0 radical (unpaired) electrons. The molecule has 0 aliphatic carbocycles. The van der Waals surface area contributed by atoms with Crippen molar-refractivity contribution >= 4 is 22.3 Å². The van der Waals surface area contributed by atoms with Gasteiger partial charge in [-0.25, -0.2) is 4.98 Å². The van der Waals surface area contributed by atoms with Gasteiger partial charge in [0.15, 0.2) is 5.82 Å². The number of likely N-dealkylation sites (tertiary alicyclic amines) is 1. The van der Waals surface area contributed by atoms with Crippen LogP contribution < -0.4 is 0 Å². The minimum absolute atomic E-state index is 0.0727. The molecule has 8 nitrogen and oxygen atoms in total. The summed E-state index contributed by atoms with van der Waals surface area (Å²) in [4.78, 5) is 20.2. The van der Waals surface area contributed by atoms with Gasteiger partial charge in [0.1, 0.15) is 11.8 Å². The predicted octanol–water partition coefficient (Wildman–Crippen LogP) is 3.02. The summed E-state index contributed by atoms with van der Waals surface area (Å²) in [7, 11) is 0. The van der Waals surface area contributed by atoms with Gasteiger partial charge in [-0.15, -0.1) is 5.10 Å². The van der Waals surface area contributed by atoms with E-state index in [1.165, 1.54) is 15.9 Å². The summed E-state index contributed by atoms with van der Waals surface area (Å²) in [5, 5.41) is 15.2. The van der Waals surface area contributed by atoms with Gasteiger partial charge in [0.2, 0.25) is 10.8 Å². The van der Waals surface area contributed by atoms with Gasteiger partial charge in [0.05, 0.1) is 23.7 Å². The third-order valence-corrected chi connectivity index (χ3v) is 6.21. The molecule has 0 saturated carbocycles. The molecule has 4 rings (SSSR count). The highest BCUT2D eigenvalue weighted by molar-refractivity contribution is 7.17. The maximum absolute atomic E-state index is 12.1. The van der Waals surface area contributed by atoms with Gasteiger partial charge < -0.3 is 14.3 Å². The van der Waals surface area contributed by atoms with E-state index in [2.05, 4.69) is 15.0 Å². The van der Waals surface area contributed by atoms with Crippen LogP contribution in [0.15, 0.2) is 22.8 Å². The first-order chi connectivity index (χ1) is 13.6. The molecule has 1 saturated heterocycles. The van der Waals surface area contributed by atoms with Crippen LogP contribution in [0.4, 0.5) is 0 Å². The quantitative estimate of drug-likeness (QED) is 0.631. The van der Waals surface area contributed by atoms with Gasteiger partial charge in [-0.1, -0.05) is 18.3 Å². The van der Waals surface area contributed by atoms with Crippen LogP contribution in [0.5, 0.6) is 5.88 Å². The maximum atomic E-state index is 12.1. The number of furan rings is 1. The number of carbonyl (C=O) groups excluding carboxylic acids is 1. The highest BCUT2D eigenvalue weighted by Crippen LogP contribution is 2.41. The molecule has 1 aliphatic rings. The lowest BCUT2D eigenvalue weighted by Crippen LogP contribution is -2.39. The Bertz CT molecular complexity index is 941.